The molecule has 1 aromatic heterocycles. The second-order valence-corrected chi connectivity index (χ2v) is 6.94. The van der Waals surface area contributed by atoms with E-state index in [2.05, 4.69) is 68.6 Å². The van der Waals surface area contributed by atoms with Gasteiger partial charge < -0.3 is 10.6 Å². The van der Waals surface area contributed by atoms with Gasteiger partial charge in [-0.05, 0) is 55.7 Å². The van der Waals surface area contributed by atoms with Crippen LogP contribution in [0.4, 0.5) is 17.5 Å². The first-order valence-corrected chi connectivity index (χ1v) is 8.98. The number of halogens is 1. The molecule has 0 aliphatic carbocycles. The van der Waals surface area contributed by atoms with Crippen molar-refractivity contribution >= 4 is 33.4 Å². The van der Waals surface area contributed by atoms with E-state index in [0.29, 0.717) is 12.5 Å². The van der Waals surface area contributed by atoms with Gasteiger partial charge in [0, 0.05) is 28.5 Å². The molecule has 3 rings (SSSR count). The third-order valence-corrected chi connectivity index (χ3v) is 4.87. The van der Waals surface area contributed by atoms with Gasteiger partial charge in [-0.15, -0.1) is 0 Å². The van der Waals surface area contributed by atoms with Crippen LogP contribution in [0.1, 0.15) is 22.4 Å². The number of aromatic nitrogens is 2. The van der Waals surface area contributed by atoms with Crippen molar-refractivity contribution in [3.05, 3.63) is 75.4 Å². The van der Waals surface area contributed by atoms with Gasteiger partial charge in [0.2, 0.25) is 5.95 Å². The molecule has 4 nitrogen and oxygen atoms in total. The Morgan fingerprint density at radius 2 is 1.72 bits per heavy atom. The van der Waals surface area contributed by atoms with Crippen LogP contribution in [-0.2, 0) is 6.54 Å². The van der Waals surface area contributed by atoms with E-state index in [1.54, 1.807) is 0 Å². The minimum absolute atomic E-state index is 0.625. The summed E-state index contributed by atoms with van der Waals surface area (Å²) >= 11 is 3.52. The number of hydrogen-bond donors (Lipinski definition) is 2. The third kappa shape index (κ3) is 4.57. The largest absolute Gasteiger partial charge is 0.350 e. The van der Waals surface area contributed by atoms with E-state index in [9.17, 15) is 0 Å². The Balaban J connectivity index is 1.76. The summed E-state index contributed by atoms with van der Waals surface area (Å²) in [7, 11) is 0. The van der Waals surface area contributed by atoms with Crippen molar-refractivity contribution in [2.75, 3.05) is 10.6 Å². The lowest BCUT2D eigenvalue weighted by Crippen LogP contribution is -2.07. The van der Waals surface area contributed by atoms with Crippen LogP contribution in [-0.4, -0.2) is 9.97 Å². The van der Waals surface area contributed by atoms with E-state index in [-0.39, 0.29) is 0 Å². The second-order valence-electron chi connectivity index (χ2n) is 6.09. The van der Waals surface area contributed by atoms with Crippen LogP contribution in [0.3, 0.4) is 0 Å². The zero-order chi connectivity index (χ0) is 17.8. The van der Waals surface area contributed by atoms with E-state index in [4.69, 9.17) is 0 Å². The summed E-state index contributed by atoms with van der Waals surface area (Å²) < 4.78 is 1.09. The molecule has 0 aliphatic rings. The minimum Gasteiger partial charge on any atom is -0.350 e. The van der Waals surface area contributed by atoms with Crippen molar-refractivity contribution in [3.8, 4) is 0 Å². The maximum Gasteiger partial charge on any atom is 0.225 e. The molecule has 0 amide bonds. The van der Waals surface area contributed by atoms with Gasteiger partial charge in [-0.3, -0.25) is 0 Å². The maximum absolute atomic E-state index is 4.58. The van der Waals surface area contributed by atoms with Gasteiger partial charge in [-0.1, -0.05) is 40.2 Å². The smallest absolute Gasteiger partial charge is 0.225 e. The first-order chi connectivity index (χ1) is 12.0. The van der Waals surface area contributed by atoms with Crippen LogP contribution in [0, 0.1) is 20.8 Å². The van der Waals surface area contributed by atoms with Gasteiger partial charge in [0.1, 0.15) is 5.82 Å². The summed E-state index contributed by atoms with van der Waals surface area (Å²) in [5.74, 6) is 1.40. The molecule has 0 spiro atoms. The van der Waals surface area contributed by atoms with Gasteiger partial charge in [-0.2, -0.15) is 4.98 Å². The molecule has 0 saturated heterocycles. The van der Waals surface area contributed by atoms with Crippen LogP contribution < -0.4 is 10.6 Å². The quantitative estimate of drug-likeness (QED) is 0.595. The Kier molecular flexibility index (Phi) is 5.34. The van der Waals surface area contributed by atoms with E-state index < -0.39 is 0 Å². The number of nitrogens with one attached hydrogen (secondary N) is 2. The standard InChI is InChI=1S/C20H21BrN4/c1-13-6-4-5-7-16(13)12-22-20-23-15(3)11-19(25-20)24-17-8-9-18(21)14(2)10-17/h4-11H,12H2,1-3H3,(H2,22,23,24,25). The van der Waals surface area contributed by atoms with Gasteiger partial charge >= 0.3 is 0 Å². The zero-order valence-electron chi connectivity index (χ0n) is 14.6. The highest BCUT2D eigenvalue weighted by atomic mass is 79.9. The molecule has 5 heteroatoms. The Hall–Kier alpha value is -2.40. The number of benzene rings is 2. The molecular formula is C20H21BrN4. The Morgan fingerprint density at radius 1 is 0.920 bits per heavy atom. The fourth-order valence-electron chi connectivity index (χ4n) is 2.56. The van der Waals surface area contributed by atoms with Crippen LogP contribution in [0.2, 0.25) is 0 Å². The van der Waals surface area contributed by atoms with Crippen LogP contribution in [0.25, 0.3) is 0 Å². The van der Waals surface area contributed by atoms with E-state index >= 15 is 0 Å². The van der Waals surface area contributed by atoms with Crippen molar-refractivity contribution in [2.24, 2.45) is 0 Å². The normalized spacial score (nSPS) is 10.6. The molecule has 2 N–H and O–H groups in total. The predicted molar refractivity (Wildman–Crippen MR) is 107 cm³/mol. The number of aryl methyl sites for hydroxylation is 3. The van der Waals surface area contributed by atoms with Crippen LogP contribution in [0.5, 0.6) is 0 Å². The molecule has 25 heavy (non-hydrogen) atoms. The maximum atomic E-state index is 4.58. The van der Waals surface area contributed by atoms with Gasteiger partial charge in [0.15, 0.2) is 0 Å². The average molecular weight is 397 g/mol. The summed E-state index contributed by atoms with van der Waals surface area (Å²) in [6.45, 7) is 6.85. The molecule has 0 bridgehead atoms. The summed E-state index contributed by atoms with van der Waals surface area (Å²) in [5.41, 5.74) is 5.59. The molecule has 3 aromatic rings. The van der Waals surface area contributed by atoms with Crippen molar-refractivity contribution in [2.45, 2.75) is 27.3 Å². The average Bonchev–Trinajstić information content (AvgIpc) is 2.57. The Morgan fingerprint density at radius 3 is 2.48 bits per heavy atom. The van der Waals surface area contributed by atoms with Crippen molar-refractivity contribution in [1.29, 1.82) is 0 Å². The molecule has 0 atom stereocenters. The summed E-state index contributed by atoms with van der Waals surface area (Å²) in [6.07, 6.45) is 0. The number of hydrogen-bond acceptors (Lipinski definition) is 4. The highest BCUT2D eigenvalue weighted by Crippen LogP contribution is 2.23. The number of nitrogens with zero attached hydrogens (tertiary/aromatic N) is 2. The van der Waals surface area contributed by atoms with Crippen LogP contribution in [0.15, 0.2) is 53.0 Å². The predicted octanol–water partition coefficient (Wildman–Crippen LogP) is 5.52. The van der Waals surface area contributed by atoms with E-state index in [0.717, 1.165) is 21.7 Å². The lowest BCUT2D eigenvalue weighted by molar-refractivity contribution is 1.02. The zero-order valence-corrected chi connectivity index (χ0v) is 16.2. The van der Waals surface area contributed by atoms with Gasteiger partial charge in [-0.25, -0.2) is 4.98 Å². The fourth-order valence-corrected chi connectivity index (χ4v) is 2.81. The fraction of sp³-hybridized carbons (Fsp3) is 0.200. The third-order valence-electron chi connectivity index (χ3n) is 3.98. The van der Waals surface area contributed by atoms with Crippen molar-refractivity contribution in [3.63, 3.8) is 0 Å². The molecule has 0 saturated carbocycles. The highest BCUT2D eigenvalue weighted by Gasteiger charge is 2.05. The molecule has 0 aliphatic heterocycles. The molecule has 1 heterocycles. The molecule has 128 valence electrons. The summed E-state index contributed by atoms with van der Waals surface area (Å²) in [5, 5.41) is 6.67. The Bertz CT molecular complexity index is 893. The first kappa shape index (κ1) is 17.4. The summed E-state index contributed by atoms with van der Waals surface area (Å²) in [4.78, 5) is 9.06. The second kappa shape index (κ2) is 7.66. The minimum atomic E-state index is 0.625. The number of anilines is 3. The van der Waals surface area contributed by atoms with Gasteiger partial charge in [0.05, 0.1) is 0 Å². The molecule has 0 fully saturated rings. The van der Waals surface area contributed by atoms with E-state index in [1.165, 1.54) is 16.7 Å². The van der Waals surface area contributed by atoms with Gasteiger partial charge in [0.25, 0.3) is 0 Å². The Labute approximate surface area is 156 Å². The van der Waals surface area contributed by atoms with Crippen molar-refractivity contribution in [1.82, 2.24) is 9.97 Å². The molecule has 0 radical (unpaired) electrons. The van der Waals surface area contributed by atoms with Crippen molar-refractivity contribution < 1.29 is 0 Å². The molecular weight excluding hydrogens is 376 g/mol. The molecule has 2 aromatic carbocycles. The number of rotatable bonds is 5. The van der Waals surface area contributed by atoms with Crippen LogP contribution >= 0.6 is 15.9 Å². The highest BCUT2D eigenvalue weighted by molar-refractivity contribution is 9.10. The van der Waals surface area contributed by atoms with E-state index in [1.807, 2.05) is 37.3 Å². The SMILES string of the molecule is Cc1cc(Nc2ccc(Br)c(C)c2)nc(NCc2ccccc2C)n1. The summed E-state index contributed by atoms with van der Waals surface area (Å²) in [6, 6.07) is 16.4. The molecule has 0 unspecified atom stereocenters. The lowest BCUT2D eigenvalue weighted by Gasteiger charge is -2.11. The topological polar surface area (TPSA) is 49.8 Å². The first-order valence-electron chi connectivity index (χ1n) is 8.18. The lowest BCUT2D eigenvalue weighted by atomic mass is 10.1. The monoisotopic (exact) mass is 396 g/mol.